The molecule has 0 saturated heterocycles. The summed E-state index contributed by atoms with van der Waals surface area (Å²) in [5.41, 5.74) is 4.53. The van der Waals surface area contributed by atoms with Gasteiger partial charge in [-0.1, -0.05) is 6.58 Å². The summed E-state index contributed by atoms with van der Waals surface area (Å²) < 4.78 is 0. The monoisotopic (exact) mass is 114 g/mol. The van der Waals surface area contributed by atoms with E-state index in [9.17, 15) is 4.79 Å². The zero-order valence-electron chi connectivity index (χ0n) is 5.15. The zero-order valence-corrected chi connectivity index (χ0v) is 4.90. The van der Waals surface area contributed by atoms with Crippen molar-refractivity contribution < 1.29 is 37.5 Å². The molecule has 0 aromatic rings. The molecule has 7 heavy (non-hydrogen) atoms. The Hall–Kier alpha value is 0.0974. The van der Waals surface area contributed by atoms with Crippen molar-refractivity contribution in [3.05, 3.63) is 12.7 Å². The first-order valence-electron chi connectivity index (χ1n) is 1.19. The van der Waals surface area contributed by atoms with E-state index < -0.39 is 5.91 Å². The number of hydrogen-bond donors (Lipinski definition) is 1. The number of rotatable bonds is 1. The first-order valence-corrected chi connectivity index (χ1v) is 1.19. The molecule has 4 heteroatoms. The number of nitrogens with two attached hydrogens (primary N) is 1. The molecular weight excluding hydrogens is 108 g/mol. The van der Waals surface area contributed by atoms with Gasteiger partial charge >= 0.3 is 20.3 Å². The van der Waals surface area contributed by atoms with E-state index in [4.69, 9.17) is 0 Å². The summed E-state index contributed by atoms with van der Waals surface area (Å²) in [6.07, 6.45) is 1.06. The molecule has 0 bridgehead atoms. The molecule has 0 aliphatic rings. The summed E-state index contributed by atoms with van der Waals surface area (Å²) in [6.45, 7) is 3.09. The van der Waals surface area contributed by atoms with E-state index in [0.717, 1.165) is 6.08 Å². The number of carbonyl (C=O) groups excluding carboxylic acids is 1. The first kappa shape index (κ1) is 15.7. The SMILES string of the molecule is C=CC(N)=O.[Cl-].[H+].[Li+]. The van der Waals surface area contributed by atoms with E-state index in [2.05, 4.69) is 12.3 Å². The Morgan fingerprint density at radius 3 is 2.00 bits per heavy atom. The standard InChI is InChI=1S/C3H5NO.ClH.Li/c1-2-3(4)5;;/h2H,1H2,(H2,4,5);1H;/q;;+1. The fraction of sp³-hybridized carbons (Fsp3) is 0. The van der Waals surface area contributed by atoms with Crippen LogP contribution in [0.25, 0.3) is 0 Å². The molecule has 0 saturated carbocycles. The van der Waals surface area contributed by atoms with Crippen molar-refractivity contribution in [1.29, 1.82) is 0 Å². The van der Waals surface area contributed by atoms with E-state index >= 15 is 0 Å². The van der Waals surface area contributed by atoms with Gasteiger partial charge in [0.05, 0.1) is 0 Å². The van der Waals surface area contributed by atoms with E-state index in [0.29, 0.717) is 0 Å². The molecule has 0 atom stereocenters. The van der Waals surface area contributed by atoms with Crippen molar-refractivity contribution in [2.75, 3.05) is 0 Å². The van der Waals surface area contributed by atoms with Crippen LogP contribution >= 0.6 is 0 Å². The van der Waals surface area contributed by atoms with Crippen LogP contribution in [0.15, 0.2) is 12.7 Å². The van der Waals surface area contributed by atoms with Crippen molar-refractivity contribution >= 4 is 5.91 Å². The molecule has 0 heterocycles. The Morgan fingerprint density at radius 2 is 2.00 bits per heavy atom. The maximum atomic E-state index is 9.47. The third-order valence-corrected chi connectivity index (χ3v) is 0.201. The molecular formula is C3H6ClLiNO+. The Bertz CT molecular complexity index is 70.3. The molecule has 0 rings (SSSR count). The van der Waals surface area contributed by atoms with Crippen LogP contribution in [0.1, 0.15) is 1.43 Å². The predicted molar refractivity (Wildman–Crippen MR) is 20.5 cm³/mol. The maximum Gasteiger partial charge on any atom is 1.00 e. The van der Waals surface area contributed by atoms with Gasteiger partial charge in [0, 0.05) is 0 Å². The van der Waals surface area contributed by atoms with Gasteiger partial charge in [0.25, 0.3) is 0 Å². The number of halogens is 1. The first-order chi connectivity index (χ1) is 2.27. The van der Waals surface area contributed by atoms with E-state index in [1.165, 1.54) is 0 Å². The minimum Gasteiger partial charge on any atom is -1.00 e. The number of amides is 1. The number of primary amides is 1. The summed E-state index contributed by atoms with van der Waals surface area (Å²) in [4.78, 5) is 9.47. The predicted octanol–water partition coefficient (Wildman–Crippen LogP) is -6.22. The number of carbonyl (C=O) groups is 1. The van der Waals surface area contributed by atoms with E-state index in [1.807, 2.05) is 0 Å². The van der Waals surface area contributed by atoms with Crippen LogP contribution in [0.4, 0.5) is 0 Å². The summed E-state index contributed by atoms with van der Waals surface area (Å²) in [5.74, 6) is -0.481. The maximum absolute atomic E-state index is 9.47. The summed E-state index contributed by atoms with van der Waals surface area (Å²) in [7, 11) is 0. The molecule has 2 nitrogen and oxygen atoms in total. The van der Waals surface area contributed by atoms with E-state index in [-0.39, 0.29) is 32.7 Å². The molecule has 0 radical (unpaired) electrons. The zero-order chi connectivity index (χ0) is 4.28. The average molecular weight is 114 g/mol. The van der Waals surface area contributed by atoms with Crippen LogP contribution < -0.4 is 37.0 Å². The summed E-state index contributed by atoms with van der Waals surface area (Å²) >= 11 is 0. The Balaban J connectivity index is -0.0000000267. The normalized spacial score (nSPS) is 4.57. The van der Waals surface area contributed by atoms with Gasteiger partial charge in [-0.05, 0) is 6.08 Å². The van der Waals surface area contributed by atoms with Crippen LogP contribution in [-0.2, 0) is 4.79 Å². The second-order valence-corrected chi connectivity index (χ2v) is 0.606. The average Bonchev–Trinajstić information content (AvgIpc) is 1.38. The molecule has 0 aromatic carbocycles. The van der Waals surface area contributed by atoms with Gasteiger partial charge in [-0.25, -0.2) is 0 Å². The topological polar surface area (TPSA) is 43.1 Å². The van der Waals surface area contributed by atoms with Crippen molar-refractivity contribution in [3.8, 4) is 0 Å². The van der Waals surface area contributed by atoms with Gasteiger partial charge in [0.15, 0.2) is 0 Å². The van der Waals surface area contributed by atoms with Gasteiger partial charge in [-0.15, -0.1) is 0 Å². The van der Waals surface area contributed by atoms with Crippen LogP contribution in [0.5, 0.6) is 0 Å². The molecule has 0 aliphatic carbocycles. The van der Waals surface area contributed by atoms with Crippen LogP contribution in [0.3, 0.4) is 0 Å². The third kappa shape index (κ3) is 23.3. The molecule has 0 spiro atoms. The fourth-order valence-corrected chi connectivity index (χ4v) is 0. The molecule has 0 fully saturated rings. The quantitative estimate of drug-likeness (QED) is 0.268. The van der Waals surface area contributed by atoms with Gasteiger partial charge in [-0.2, -0.15) is 0 Å². The van der Waals surface area contributed by atoms with Crippen LogP contribution in [0.2, 0.25) is 0 Å². The van der Waals surface area contributed by atoms with Gasteiger partial charge in [-0.3, -0.25) is 4.79 Å². The third-order valence-electron chi connectivity index (χ3n) is 0.201. The van der Waals surface area contributed by atoms with Crippen molar-refractivity contribution in [3.63, 3.8) is 0 Å². The largest absolute Gasteiger partial charge is 1.00 e. The minimum atomic E-state index is -0.481. The minimum absolute atomic E-state index is 0. The molecule has 2 N–H and O–H groups in total. The van der Waals surface area contributed by atoms with Crippen molar-refractivity contribution in [2.45, 2.75) is 0 Å². The molecule has 0 aromatic heterocycles. The van der Waals surface area contributed by atoms with Gasteiger partial charge < -0.3 is 18.1 Å². The van der Waals surface area contributed by atoms with E-state index in [1.54, 1.807) is 0 Å². The second-order valence-electron chi connectivity index (χ2n) is 0.606. The summed E-state index contributed by atoms with van der Waals surface area (Å²) in [6, 6.07) is 0. The van der Waals surface area contributed by atoms with Gasteiger partial charge in [0.2, 0.25) is 5.91 Å². The molecule has 36 valence electrons. The Morgan fingerprint density at radius 1 is 1.86 bits per heavy atom. The molecule has 0 unspecified atom stereocenters. The molecule has 0 aliphatic heterocycles. The van der Waals surface area contributed by atoms with Crippen LogP contribution in [-0.4, -0.2) is 5.91 Å². The summed E-state index contributed by atoms with van der Waals surface area (Å²) in [5, 5.41) is 0. The second kappa shape index (κ2) is 9.44. The van der Waals surface area contributed by atoms with Crippen molar-refractivity contribution in [1.82, 2.24) is 0 Å². The Labute approximate surface area is 62.2 Å². The van der Waals surface area contributed by atoms with Crippen LogP contribution in [0, 0.1) is 0 Å². The van der Waals surface area contributed by atoms with Gasteiger partial charge in [0.1, 0.15) is 0 Å². The smallest absolute Gasteiger partial charge is 1.00 e. The molecule has 1 amide bonds. The fourth-order valence-electron chi connectivity index (χ4n) is 0. The van der Waals surface area contributed by atoms with Crippen molar-refractivity contribution in [2.24, 2.45) is 5.73 Å². The Kier molecular flexibility index (Phi) is 21.2. The number of hydrogen-bond acceptors (Lipinski definition) is 1.